The topological polar surface area (TPSA) is 92.5 Å². The second-order valence-corrected chi connectivity index (χ2v) is 8.47. The first-order valence-electron chi connectivity index (χ1n) is 11.5. The van der Waals surface area contributed by atoms with Crippen LogP contribution < -0.4 is 11.2 Å². The van der Waals surface area contributed by atoms with Gasteiger partial charge in [0.15, 0.2) is 17.0 Å². The molecule has 0 saturated carbocycles. The number of imidazole rings is 1. The van der Waals surface area contributed by atoms with Crippen molar-refractivity contribution in [2.24, 2.45) is 0 Å². The van der Waals surface area contributed by atoms with E-state index < -0.39 is 5.56 Å². The molecule has 0 aliphatic rings. The molecule has 0 bridgehead atoms. The van der Waals surface area contributed by atoms with Gasteiger partial charge in [0.2, 0.25) is 5.28 Å². The third kappa shape index (κ3) is 4.89. The number of rotatable bonds is 11. The van der Waals surface area contributed by atoms with E-state index in [-0.39, 0.29) is 17.5 Å². The molecule has 0 aliphatic carbocycles. The van der Waals surface area contributed by atoms with E-state index in [4.69, 9.17) is 11.6 Å². The summed E-state index contributed by atoms with van der Waals surface area (Å²) in [6.45, 7) is 7.38. The van der Waals surface area contributed by atoms with Gasteiger partial charge in [-0.25, -0.2) is 9.78 Å². The minimum Gasteiger partial charge on any atom is -0.305 e. The molecule has 0 unspecified atom stereocenters. The van der Waals surface area contributed by atoms with Crippen LogP contribution >= 0.6 is 11.6 Å². The van der Waals surface area contributed by atoms with Crippen LogP contribution in [0.3, 0.4) is 0 Å². The van der Waals surface area contributed by atoms with E-state index in [0.29, 0.717) is 43.6 Å². The molecular weight excluding hydrogens is 454 g/mol. The molecule has 0 atom stereocenters. The fourth-order valence-corrected chi connectivity index (χ4v) is 4.20. The highest BCUT2D eigenvalue weighted by atomic mass is 35.5. The molecule has 0 aliphatic heterocycles. The Morgan fingerprint density at radius 3 is 2.53 bits per heavy atom. The molecule has 4 rings (SSSR count). The summed E-state index contributed by atoms with van der Waals surface area (Å²) in [6, 6.07) is 10.0. The number of unbranched alkanes of at least 4 members (excludes halogenated alkanes) is 1. The fourth-order valence-electron chi connectivity index (χ4n) is 3.97. The molecule has 0 N–H and O–H groups in total. The largest absolute Gasteiger partial charge is 0.332 e. The molecule has 9 nitrogen and oxygen atoms in total. The Balaban J connectivity index is 1.57. The van der Waals surface area contributed by atoms with Crippen LogP contribution in [0.25, 0.3) is 11.2 Å². The Morgan fingerprint density at radius 1 is 1.03 bits per heavy atom. The van der Waals surface area contributed by atoms with Crippen molar-refractivity contribution < 1.29 is 0 Å². The number of nitrogens with zero attached hydrogens (tertiary/aromatic N) is 7. The number of hydrogen-bond acceptors (Lipinski definition) is 5. The van der Waals surface area contributed by atoms with E-state index in [1.165, 1.54) is 4.57 Å². The van der Waals surface area contributed by atoms with Crippen LogP contribution in [0.2, 0.25) is 5.28 Å². The molecule has 34 heavy (non-hydrogen) atoms. The molecule has 0 saturated heterocycles. The monoisotopic (exact) mass is 481 g/mol. The number of fused-ring (bicyclic) bond motifs is 1. The molecule has 1 aromatic carbocycles. The van der Waals surface area contributed by atoms with Gasteiger partial charge in [-0.2, -0.15) is 10.1 Å². The van der Waals surface area contributed by atoms with Crippen molar-refractivity contribution in [2.45, 2.75) is 58.8 Å². The maximum Gasteiger partial charge on any atom is 0.332 e. The standard InChI is InChI=1S/C24H28ClN7O2/c1-3-5-14-31-21-20(30(12-4-2)23(25)27-21)22(33)32(24(31)34)15-9-13-29-17-26-19(28-29)16-18-10-7-6-8-11-18/h4,6-8,10-11,17H,2-3,5,9,12-16H2,1H3. The molecule has 0 spiro atoms. The minimum absolute atomic E-state index is 0.169. The third-order valence-electron chi connectivity index (χ3n) is 5.67. The summed E-state index contributed by atoms with van der Waals surface area (Å²) in [4.78, 5) is 35.2. The van der Waals surface area contributed by atoms with E-state index >= 15 is 0 Å². The molecule has 178 valence electrons. The Kier molecular flexibility index (Phi) is 7.42. The zero-order valence-electron chi connectivity index (χ0n) is 19.2. The summed E-state index contributed by atoms with van der Waals surface area (Å²) in [6.07, 6.45) is 6.23. The molecular formula is C24H28ClN7O2. The van der Waals surface area contributed by atoms with Crippen molar-refractivity contribution in [1.29, 1.82) is 0 Å². The van der Waals surface area contributed by atoms with Crippen LogP contribution in [0.4, 0.5) is 0 Å². The number of aryl methyl sites for hydroxylation is 2. The number of benzene rings is 1. The first-order valence-corrected chi connectivity index (χ1v) is 11.8. The number of hydrogen-bond donors (Lipinski definition) is 0. The summed E-state index contributed by atoms with van der Waals surface area (Å²) in [5.74, 6) is 0.731. The maximum absolute atomic E-state index is 13.3. The second-order valence-electron chi connectivity index (χ2n) is 8.14. The zero-order valence-corrected chi connectivity index (χ0v) is 20.0. The lowest BCUT2D eigenvalue weighted by molar-refractivity contribution is 0.486. The predicted octanol–water partition coefficient (Wildman–Crippen LogP) is 3.27. The zero-order chi connectivity index (χ0) is 24.1. The van der Waals surface area contributed by atoms with Gasteiger partial charge < -0.3 is 4.57 Å². The van der Waals surface area contributed by atoms with Gasteiger partial charge in [-0.15, -0.1) is 6.58 Å². The molecule has 4 aromatic rings. The molecule has 0 fully saturated rings. The van der Waals surface area contributed by atoms with Crippen molar-refractivity contribution in [3.8, 4) is 0 Å². The summed E-state index contributed by atoms with van der Waals surface area (Å²) < 4.78 is 6.17. The number of allylic oxidation sites excluding steroid dienone is 1. The normalized spacial score (nSPS) is 11.4. The van der Waals surface area contributed by atoms with E-state index in [9.17, 15) is 9.59 Å². The first kappa shape index (κ1) is 23.7. The van der Waals surface area contributed by atoms with Gasteiger partial charge >= 0.3 is 5.69 Å². The van der Waals surface area contributed by atoms with Gasteiger partial charge in [0.25, 0.3) is 5.56 Å². The van der Waals surface area contributed by atoms with Gasteiger partial charge in [-0.3, -0.25) is 18.6 Å². The third-order valence-corrected chi connectivity index (χ3v) is 5.96. The molecule has 10 heteroatoms. The first-order chi connectivity index (χ1) is 16.5. The molecule has 3 aromatic heterocycles. The van der Waals surface area contributed by atoms with Crippen LogP contribution in [-0.4, -0.2) is 33.4 Å². The highest BCUT2D eigenvalue weighted by Gasteiger charge is 2.20. The summed E-state index contributed by atoms with van der Waals surface area (Å²) in [5, 5.41) is 4.69. The van der Waals surface area contributed by atoms with Crippen LogP contribution in [0.5, 0.6) is 0 Å². The minimum atomic E-state index is -0.391. The SMILES string of the molecule is C=CCn1c(Cl)nc2c1c(=O)n(CCCn1cnc(Cc3ccccc3)n1)c(=O)n2CCCC. The smallest absolute Gasteiger partial charge is 0.305 e. The Bertz CT molecular complexity index is 1400. The summed E-state index contributed by atoms with van der Waals surface area (Å²) in [5.41, 5.74) is 1.04. The van der Waals surface area contributed by atoms with Gasteiger partial charge in [0, 0.05) is 32.6 Å². The van der Waals surface area contributed by atoms with Crippen LogP contribution in [0.1, 0.15) is 37.6 Å². The lowest BCUT2D eigenvalue weighted by atomic mass is 10.1. The van der Waals surface area contributed by atoms with Crippen LogP contribution in [0.15, 0.2) is 58.9 Å². The quantitative estimate of drug-likeness (QED) is 0.242. The van der Waals surface area contributed by atoms with Crippen molar-refractivity contribution in [3.63, 3.8) is 0 Å². The fraction of sp³-hybridized carbons (Fsp3) is 0.375. The Hall–Kier alpha value is -3.46. The van der Waals surface area contributed by atoms with Crippen molar-refractivity contribution >= 4 is 22.8 Å². The Morgan fingerprint density at radius 2 is 1.79 bits per heavy atom. The average Bonchev–Trinajstić information content (AvgIpc) is 3.41. The number of aromatic nitrogens is 7. The summed E-state index contributed by atoms with van der Waals surface area (Å²) in [7, 11) is 0. The lowest BCUT2D eigenvalue weighted by Gasteiger charge is -2.12. The van der Waals surface area contributed by atoms with E-state index in [0.717, 1.165) is 24.2 Å². The maximum atomic E-state index is 13.3. The number of halogens is 1. The van der Waals surface area contributed by atoms with E-state index in [2.05, 4.69) is 21.6 Å². The second kappa shape index (κ2) is 10.6. The highest BCUT2D eigenvalue weighted by Crippen LogP contribution is 2.16. The van der Waals surface area contributed by atoms with E-state index in [1.54, 1.807) is 26.2 Å². The molecule has 0 amide bonds. The van der Waals surface area contributed by atoms with Gasteiger partial charge in [-0.05, 0) is 30.0 Å². The van der Waals surface area contributed by atoms with Crippen molar-refractivity contribution in [2.75, 3.05) is 0 Å². The van der Waals surface area contributed by atoms with Crippen molar-refractivity contribution in [3.05, 3.63) is 86.8 Å². The molecule has 0 radical (unpaired) electrons. The average molecular weight is 482 g/mol. The predicted molar refractivity (Wildman–Crippen MR) is 132 cm³/mol. The van der Waals surface area contributed by atoms with Gasteiger partial charge in [0.1, 0.15) is 6.33 Å². The molecule has 3 heterocycles. The lowest BCUT2D eigenvalue weighted by Crippen LogP contribution is -2.41. The van der Waals surface area contributed by atoms with Gasteiger partial charge in [0.05, 0.1) is 0 Å². The van der Waals surface area contributed by atoms with E-state index in [1.807, 2.05) is 37.3 Å². The van der Waals surface area contributed by atoms with Gasteiger partial charge in [-0.1, -0.05) is 49.8 Å². The summed E-state index contributed by atoms with van der Waals surface area (Å²) >= 11 is 6.30. The van der Waals surface area contributed by atoms with Crippen molar-refractivity contribution in [1.82, 2.24) is 33.4 Å². The highest BCUT2D eigenvalue weighted by molar-refractivity contribution is 6.29. The van der Waals surface area contributed by atoms with Crippen LogP contribution in [0, 0.1) is 0 Å². The Labute approximate surface area is 202 Å². The van der Waals surface area contributed by atoms with Crippen LogP contribution in [-0.2, 0) is 32.6 Å².